The highest BCUT2D eigenvalue weighted by molar-refractivity contribution is 5.19. The second kappa shape index (κ2) is 3.64. The zero-order chi connectivity index (χ0) is 11.2. The Bertz CT molecular complexity index is 315. The Labute approximate surface area is 95.7 Å². The first-order chi connectivity index (χ1) is 7.72. The zero-order valence-electron chi connectivity index (χ0n) is 9.65. The second-order valence-electron chi connectivity index (χ2n) is 5.21. The molecule has 1 saturated heterocycles. The summed E-state index contributed by atoms with van der Waals surface area (Å²) in [7, 11) is 0. The molecule has 1 saturated carbocycles. The number of hydrogen-bond acceptors (Lipinski definition) is 4. The lowest BCUT2D eigenvalue weighted by Gasteiger charge is -2.45. The van der Waals surface area contributed by atoms with E-state index in [1.807, 2.05) is 0 Å². The molecule has 1 spiro atoms. The van der Waals surface area contributed by atoms with Crippen LogP contribution in [0.3, 0.4) is 0 Å². The molecule has 0 bridgehead atoms. The first kappa shape index (κ1) is 10.4. The van der Waals surface area contributed by atoms with Gasteiger partial charge in [-0.3, -0.25) is 0 Å². The van der Waals surface area contributed by atoms with Crippen molar-refractivity contribution in [3.8, 4) is 0 Å². The van der Waals surface area contributed by atoms with E-state index in [0.29, 0.717) is 18.6 Å². The van der Waals surface area contributed by atoms with Crippen LogP contribution in [0.4, 0.5) is 0 Å². The van der Waals surface area contributed by atoms with Crippen LogP contribution in [0, 0.1) is 11.8 Å². The molecule has 2 heterocycles. The fourth-order valence-corrected chi connectivity index (χ4v) is 3.22. The Balaban J connectivity index is 1.89. The van der Waals surface area contributed by atoms with Crippen molar-refractivity contribution in [2.75, 3.05) is 13.4 Å². The van der Waals surface area contributed by atoms with Gasteiger partial charge < -0.3 is 19.9 Å². The van der Waals surface area contributed by atoms with Crippen molar-refractivity contribution in [1.29, 1.82) is 0 Å². The van der Waals surface area contributed by atoms with Crippen LogP contribution in [0.2, 0.25) is 0 Å². The molecule has 1 aliphatic carbocycles. The lowest BCUT2D eigenvalue weighted by atomic mass is 9.68. The van der Waals surface area contributed by atoms with Crippen LogP contribution in [0.5, 0.6) is 0 Å². The van der Waals surface area contributed by atoms with Gasteiger partial charge in [0.2, 0.25) is 0 Å². The molecule has 2 unspecified atom stereocenters. The lowest BCUT2D eigenvalue weighted by molar-refractivity contribution is -0.0980. The monoisotopic (exact) mass is 225 g/mol. The Hall–Kier alpha value is -0.740. The molecule has 2 N–H and O–H groups in total. The minimum Gasteiger partial charge on any atom is -0.497 e. The third kappa shape index (κ3) is 1.36. The van der Waals surface area contributed by atoms with Crippen LogP contribution in [-0.4, -0.2) is 25.0 Å². The van der Waals surface area contributed by atoms with E-state index in [2.05, 4.69) is 6.92 Å². The van der Waals surface area contributed by atoms with Gasteiger partial charge in [-0.15, -0.1) is 0 Å². The fraction of sp³-hybridized carbons (Fsp3) is 0.833. The second-order valence-corrected chi connectivity index (χ2v) is 5.21. The summed E-state index contributed by atoms with van der Waals surface area (Å²) in [4.78, 5) is 0. The minimum absolute atomic E-state index is 0.226. The third-order valence-electron chi connectivity index (χ3n) is 4.29. The molecule has 0 aromatic heterocycles. The van der Waals surface area contributed by atoms with Crippen molar-refractivity contribution >= 4 is 0 Å². The van der Waals surface area contributed by atoms with Crippen molar-refractivity contribution in [3.05, 3.63) is 12.0 Å². The van der Waals surface area contributed by atoms with Crippen LogP contribution < -0.4 is 5.73 Å². The maximum atomic E-state index is 6.02. The van der Waals surface area contributed by atoms with Crippen LogP contribution >= 0.6 is 0 Å². The highest BCUT2D eigenvalue weighted by Gasteiger charge is 2.54. The smallest absolute Gasteiger partial charge is 0.190 e. The van der Waals surface area contributed by atoms with Crippen LogP contribution in [-0.2, 0) is 14.2 Å². The van der Waals surface area contributed by atoms with Crippen molar-refractivity contribution in [2.45, 2.75) is 37.8 Å². The topological polar surface area (TPSA) is 53.7 Å². The van der Waals surface area contributed by atoms with E-state index >= 15 is 0 Å². The predicted molar refractivity (Wildman–Crippen MR) is 58.3 cm³/mol. The SMILES string of the molecule is C[C@H](N)C1CC[C@H]2COC=C3OCOC32C1. The van der Waals surface area contributed by atoms with Gasteiger partial charge in [-0.2, -0.15) is 0 Å². The standard InChI is InChI=1S/C12H19NO3/c1-8(13)9-2-3-10-5-14-6-11-12(10,4-9)16-7-15-11/h6,8-10H,2-5,7,13H2,1H3/t8-,9?,10-,12?/m0/s1. The average molecular weight is 225 g/mol. The van der Waals surface area contributed by atoms with E-state index in [1.165, 1.54) is 6.42 Å². The summed E-state index contributed by atoms with van der Waals surface area (Å²) in [5, 5.41) is 0. The summed E-state index contributed by atoms with van der Waals surface area (Å²) in [5.74, 6) is 1.85. The van der Waals surface area contributed by atoms with E-state index in [1.54, 1.807) is 6.26 Å². The highest BCUT2D eigenvalue weighted by Crippen LogP contribution is 2.50. The maximum Gasteiger partial charge on any atom is 0.190 e. The number of hydrogen-bond donors (Lipinski definition) is 1. The molecule has 90 valence electrons. The number of ether oxygens (including phenoxy) is 3. The van der Waals surface area contributed by atoms with Crippen molar-refractivity contribution < 1.29 is 14.2 Å². The molecular weight excluding hydrogens is 206 g/mol. The molecule has 2 aliphatic heterocycles. The molecule has 4 atom stereocenters. The zero-order valence-corrected chi connectivity index (χ0v) is 9.65. The molecule has 4 heteroatoms. The van der Waals surface area contributed by atoms with Crippen LogP contribution in [0.25, 0.3) is 0 Å². The van der Waals surface area contributed by atoms with Gasteiger partial charge >= 0.3 is 0 Å². The molecule has 3 aliphatic rings. The van der Waals surface area contributed by atoms with E-state index in [0.717, 1.165) is 25.2 Å². The first-order valence-corrected chi connectivity index (χ1v) is 6.07. The molecule has 0 aromatic carbocycles. The van der Waals surface area contributed by atoms with Crippen LogP contribution in [0.15, 0.2) is 12.0 Å². The molecule has 0 aromatic rings. The van der Waals surface area contributed by atoms with E-state index in [9.17, 15) is 0 Å². The molecule has 16 heavy (non-hydrogen) atoms. The molecule has 0 radical (unpaired) electrons. The molecular formula is C12H19NO3. The summed E-state index contributed by atoms with van der Waals surface area (Å²) in [5.41, 5.74) is 5.79. The third-order valence-corrected chi connectivity index (χ3v) is 4.29. The molecule has 0 amide bonds. The Morgan fingerprint density at radius 3 is 3.19 bits per heavy atom. The molecule has 4 nitrogen and oxygen atoms in total. The van der Waals surface area contributed by atoms with Gasteiger partial charge in [0.25, 0.3) is 0 Å². The van der Waals surface area contributed by atoms with Crippen molar-refractivity contribution in [2.24, 2.45) is 17.6 Å². The number of rotatable bonds is 1. The summed E-state index contributed by atoms with van der Waals surface area (Å²) in [6.45, 7) is 3.19. The average Bonchev–Trinajstić information content (AvgIpc) is 2.69. The summed E-state index contributed by atoms with van der Waals surface area (Å²) < 4.78 is 16.9. The first-order valence-electron chi connectivity index (χ1n) is 6.07. The van der Waals surface area contributed by atoms with E-state index in [-0.39, 0.29) is 11.6 Å². The summed E-state index contributed by atoms with van der Waals surface area (Å²) in [6.07, 6.45) is 4.99. The Morgan fingerprint density at radius 1 is 1.50 bits per heavy atom. The van der Waals surface area contributed by atoms with E-state index < -0.39 is 0 Å². The summed E-state index contributed by atoms with van der Waals surface area (Å²) >= 11 is 0. The van der Waals surface area contributed by atoms with Gasteiger partial charge in [0, 0.05) is 12.0 Å². The van der Waals surface area contributed by atoms with Crippen LogP contribution in [0.1, 0.15) is 26.2 Å². The van der Waals surface area contributed by atoms with Crippen molar-refractivity contribution in [1.82, 2.24) is 0 Å². The van der Waals surface area contributed by atoms with Gasteiger partial charge in [-0.05, 0) is 32.1 Å². The van der Waals surface area contributed by atoms with Gasteiger partial charge in [0.05, 0.1) is 6.61 Å². The lowest BCUT2D eigenvalue weighted by Crippen LogP contribution is -2.50. The minimum atomic E-state index is -0.227. The van der Waals surface area contributed by atoms with Gasteiger partial charge in [-0.1, -0.05) is 0 Å². The normalized spacial score (nSPS) is 43.5. The summed E-state index contributed by atoms with van der Waals surface area (Å²) in [6, 6.07) is 0.226. The van der Waals surface area contributed by atoms with Gasteiger partial charge in [-0.25, -0.2) is 0 Å². The number of nitrogens with two attached hydrogens (primary N) is 1. The van der Waals surface area contributed by atoms with Gasteiger partial charge in [0.1, 0.15) is 11.9 Å². The van der Waals surface area contributed by atoms with Crippen molar-refractivity contribution in [3.63, 3.8) is 0 Å². The van der Waals surface area contributed by atoms with Gasteiger partial charge in [0.15, 0.2) is 12.6 Å². The molecule has 3 rings (SSSR count). The fourth-order valence-electron chi connectivity index (χ4n) is 3.22. The molecule has 2 fully saturated rings. The largest absolute Gasteiger partial charge is 0.497 e. The highest BCUT2D eigenvalue weighted by atomic mass is 16.7. The Kier molecular flexibility index (Phi) is 2.37. The Morgan fingerprint density at radius 2 is 2.38 bits per heavy atom. The van der Waals surface area contributed by atoms with E-state index in [4.69, 9.17) is 19.9 Å². The predicted octanol–water partition coefficient (Wildman–Crippen LogP) is 1.36. The quantitative estimate of drug-likeness (QED) is 0.732. The maximum absolute atomic E-state index is 6.02.